The van der Waals surface area contributed by atoms with Crippen LogP contribution in [0.15, 0.2) is 36.4 Å². The van der Waals surface area contributed by atoms with Crippen molar-refractivity contribution in [1.29, 1.82) is 5.26 Å². The number of hydrogen-bond donors (Lipinski definition) is 1. The Bertz CT molecular complexity index is 1100. The van der Waals surface area contributed by atoms with Crippen LogP contribution in [0, 0.1) is 22.6 Å². The van der Waals surface area contributed by atoms with E-state index >= 15 is 0 Å². The Kier molecular flexibility index (Phi) is 7.08. The zero-order valence-electron chi connectivity index (χ0n) is 18.3. The summed E-state index contributed by atoms with van der Waals surface area (Å²) < 4.78 is 29.0. The molecule has 1 unspecified atom stereocenters. The van der Waals surface area contributed by atoms with Gasteiger partial charge in [0, 0.05) is 19.2 Å². The van der Waals surface area contributed by atoms with Crippen molar-refractivity contribution in [1.82, 2.24) is 4.90 Å². The van der Waals surface area contributed by atoms with Crippen LogP contribution in [0.25, 0.3) is 0 Å². The molecule has 2 heterocycles. The molecule has 2 aliphatic heterocycles. The number of halogens is 2. The molecule has 2 aromatic carbocycles. The molecule has 10 heteroatoms. The number of rotatable bonds is 7. The minimum absolute atomic E-state index is 0.173. The van der Waals surface area contributed by atoms with Gasteiger partial charge < -0.3 is 24.4 Å². The van der Waals surface area contributed by atoms with Gasteiger partial charge in [0.25, 0.3) is 12.4 Å². The van der Waals surface area contributed by atoms with Crippen LogP contribution in [0.4, 0.5) is 10.1 Å². The molecule has 178 valence electrons. The number of ether oxygens (including phenoxy) is 3. The molecule has 34 heavy (non-hydrogen) atoms. The van der Waals surface area contributed by atoms with E-state index in [1.165, 1.54) is 18.2 Å². The van der Waals surface area contributed by atoms with Crippen molar-refractivity contribution >= 4 is 29.7 Å². The van der Waals surface area contributed by atoms with Crippen molar-refractivity contribution < 1.29 is 28.2 Å². The van der Waals surface area contributed by atoms with Crippen molar-refractivity contribution in [2.45, 2.75) is 25.4 Å². The fourth-order valence-electron chi connectivity index (χ4n) is 4.22. The topological polar surface area (TPSA) is 101 Å². The van der Waals surface area contributed by atoms with Gasteiger partial charge in [0.1, 0.15) is 17.3 Å². The number of nitrogens with zero attached hydrogens (tertiary/aromatic N) is 2. The molecule has 0 saturated carbocycles. The number of nitriles is 1. The van der Waals surface area contributed by atoms with Crippen LogP contribution >= 0.6 is 11.6 Å². The third kappa shape index (κ3) is 5.18. The highest BCUT2D eigenvalue weighted by molar-refractivity contribution is 6.32. The predicted octanol–water partition coefficient (Wildman–Crippen LogP) is 3.54. The van der Waals surface area contributed by atoms with Crippen molar-refractivity contribution in [3.05, 3.63) is 52.8 Å². The van der Waals surface area contributed by atoms with Crippen molar-refractivity contribution in [2.24, 2.45) is 5.41 Å². The molecule has 1 fully saturated rings. The van der Waals surface area contributed by atoms with Crippen LogP contribution in [-0.4, -0.2) is 49.8 Å². The van der Waals surface area contributed by atoms with Crippen LogP contribution in [0.5, 0.6) is 11.5 Å². The zero-order valence-corrected chi connectivity index (χ0v) is 19.0. The molecule has 1 N–H and O–H groups in total. The van der Waals surface area contributed by atoms with E-state index in [4.69, 9.17) is 21.1 Å². The summed E-state index contributed by atoms with van der Waals surface area (Å²) in [5, 5.41) is 13.3. The van der Waals surface area contributed by atoms with Crippen LogP contribution in [0.3, 0.4) is 0 Å². The van der Waals surface area contributed by atoms with E-state index in [2.05, 4.69) is 16.1 Å². The third-order valence-corrected chi connectivity index (χ3v) is 6.43. The SMILES string of the molecule is N#CC1(Cc2ccc(F)cc2)CCN(C(=O)C2CNc3cc(Cl)c(OCOC=O)cc3O2)CC1. The number of piperidine rings is 1. The first-order valence-electron chi connectivity index (χ1n) is 10.8. The molecule has 1 amide bonds. The van der Waals surface area contributed by atoms with Gasteiger partial charge in [0.05, 0.1) is 28.7 Å². The molecule has 0 spiro atoms. The van der Waals surface area contributed by atoms with Crippen LogP contribution < -0.4 is 14.8 Å². The maximum absolute atomic E-state index is 13.2. The van der Waals surface area contributed by atoms with E-state index in [0.29, 0.717) is 48.8 Å². The van der Waals surface area contributed by atoms with E-state index in [0.717, 1.165) is 5.56 Å². The Morgan fingerprint density at radius 1 is 1.32 bits per heavy atom. The van der Waals surface area contributed by atoms with E-state index in [-0.39, 0.29) is 37.3 Å². The molecule has 0 bridgehead atoms. The van der Waals surface area contributed by atoms with Gasteiger partial charge in [0.2, 0.25) is 6.79 Å². The van der Waals surface area contributed by atoms with Gasteiger partial charge >= 0.3 is 0 Å². The summed E-state index contributed by atoms with van der Waals surface area (Å²) in [6, 6.07) is 11.8. The summed E-state index contributed by atoms with van der Waals surface area (Å²) in [7, 11) is 0. The number of anilines is 1. The van der Waals surface area contributed by atoms with E-state index in [1.54, 1.807) is 23.1 Å². The number of nitrogens with one attached hydrogen (secondary N) is 1. The minimum atomic E-state index is -0.751. The lowest BCUT2D eigenvalue weighted by Crippen LogP contribution is -2.51. The molecule has 0 aliphatic carbocycles. The first-order valence-corrected chi connectivity index (χ1v) is 11.2. The smallest absolute Gasteiger partial charge is 0.295 e. The van der Waals surface area contributed by atoms with Crippen molar-refractivity contribution in [3.8, 4) is 17.6 Å². The Balaban J connectivity index is 1.38. The quantitative estimate of drug-likeness (QED) is 0.362. The van der Waals surface area contributed by atoms with Gasteiger partial charge in [-0.2, -0.15) is 5.26 Å². The number of carbonyl (C=O) groups excluding carboxylic acids is 2. The maximum Gasteiger partial charge on any atom is 0.295 e. The molecule has 8 nitrogen and oxygen atoms in total. The molecular formula is C24H23ClFN3O5. The van der Waals surface area contributed by atoms with Crippen molar-refractivity contribution in [2.75, 3.05) is 31.7 Å². The minimum Gasteiger partial charge on any atom is -0.476 e. The number of likely N-dealkylation sites (tertiary alicyclic amines) is 1. The van der Waals surface area contributed by atoms with Gasteiger partial charge in [0.15, 0.2) is 6.10 Å². The molecule has 0 aromatic heterocycles. The highest BCUT2D eigenvalue weighted by Crippen LogP contribution is 2.39. The normalized spacial score (nSPS) is 18.5. The lowest BCUT2D eigenvalue weighted by atomic mass is 9.75. The van der Waals surface area contributed by atoms with Crippen LogP contribution in [0.2, 0.25) is 5.02 Å². The van der Waals surface area contributed by atoms with Gasteiger partial charge in [-0.1, -0.05) is 23.7 Å². The number of carbonyl (C=O) groups is 2. The predicted molar refractivity (Wildman–Crippen MR) is 121 cm³/mol. The van der Waals surface area contributed by atoms with Crippen molar-refractivity contribution in [3.63, 3.8) is 0 Å². The van der Waals surface area contributed by atoms with Gasteiger partial charge in [-0.3, -0.25) is 9.59 Å². The summed E-state index contributed by atoms with van der Waals surface area (Å²) in [5.41, 5.74) is 0.924. The Hall–Kier alpha value is -3.51. The Labute approximate surface area is 201 Å². The average Bonchev–Trinajstić information content (AvgIpc) is 2.85. The summed E-state index contributed by atoms with van der Waals surface area (Å²) in [5.74, 6) is 0.172. The highest BCUT2D eigenvalue weighted by atomic mass is 35.5. The molecule has 2 aromatic rings. The molecule has 1 atom stereocenters. The highest BCUT2D eigenvalue weighted by Gasteiger charge is 2.39. The van der Waals surface area contributed by atoms with E-state index in [9.17, 15) is 19.2 Å². The zero-order chi connectivity index (χ0) is 24.1. The fraction of sp³-hybridized carbons (Fsp3) is 0.375. The van der Waals surface area contributed by atoms with E-state index < -0.39 is 11.5 Å². The second kappa shape index (κ2) is 10.2. The largest absolute Gasteiger partial charge is 0.476 e. The Morgan fingerprint density at radius 2 is 2.06 bits per heavy atom. The lowest BCUT2D eigenvalue weighted by Gasteiger charge is -2.39. The molecule has 0 radical (unpaired) electrons. The Morgan fingerprint density at radius 3 is 2.74 bits per heavy atom. The summed E-state index contributed by atoms with van der Waals surface area (Å²) in [6.45, 7) is 1.09. The molecule has 1 saturated heterocycles. The number of amides is 1. The third-order valence-electron chi connectivity index (χ3n) is 6.13. The van der Waals surface area contributed by atoms with Gasteiger partial charge in [-0.15, -0.1) is 0 Å². The first-order chi connectivity index (χ1) is 16.4. The number of hydrogen-bond acceptors (Lipinski definition) is 7. The van der Waals surface area contributed by atoms with Gasteiger partial charge in [-0.05, 0) is 43.0 Å². The standard InChI is InChI=1S/C24H23ClFN3O5/c25-18-9-19-21(10-20(18)33-15-32-14-30)34-22(12-28-19)23(31)29-7-5-24(13-27,6-8-29)11-16-1-3-17(26)4-2-16/h1-4,9-10,14,22,28H,5-8,11-12,15H2. The lowest BCUT2D eigenvalue weighted by molar-refractivity contribution is -0.140. The average molecular weight is 488 g/mol. The second-order valence-electron chi connectivity index (χ2n) is 8.31. The summed E-state index contributed by atoms with van der Waals surface area (Å²) >= 11 is 6.18. The molecular weight excluding hydrogens is 465 g/mol. The summed E-state index contributed by atoms with van der Waals surface area (Å²) in [4.78, 5) is 25.2. The second-order valence-corrected chi connectivity index (χ2v) is 8.72. The maximum atomic E-state index is 13.2. The molecule has 2 aliphatic rings. The number of fused-ring (bicyclic) bond motifs is 1. The molecule has 4 rings (SSSR count). The number of benzene rings is 2. The van der Waals surface area contributed by atoms with E-state index in [1.807, 2.05) is 0 Å². The van der Waals surface area contributed by atoms with Crippen LogP contribution in [-0.2, 0) is 20.7 Å². The van der Waals surface area contributed by atoms with Gasteiger partial charge in [-0.25, -0.2) is 4.39 Å². The summed E-state index contributed by atoms with van der Waals surface area (Å²) in [6.07, 6.45) is 0.804. The first kappa shape index (κ1) is 23.6. The monoisotopic (exact) mass is 487 g/mol. The van der Waals surface area contributed by atoms with Crippen LogP contribution in [0.1, 0.15) is 18.4 Å². The fourth-order valence-corrected chi connectivity index (χ4v) is 4.44.